The van der Waals surface area contributed by atoms with E-state index in [4.69, 9.17) is 4.74 Å². The molecule has 1 aromatic heterocycles. The molecule has 6 nitrogen and oxygen atoms in total. The quantitative estimate of drug-likeness (QED) is 0.842. The van der Waals surface area contributed by atoms with E-state index in [1.54, 1.807) is 17.9 Å². The van der Waals surface area contributed by atoms with E-state index in [0.717, 1.165) is 12.0 Å². The first-order valence-corrected chi connectivity index (χ1v) is 8.58. The maximum Gasteiger partial charge on any atom is 0.314 e. The van der Waals surface area contributed by atoms with Gasteiger partial charge in [-0.05, 0) is 44.6 Å². The van der Waals surface area contributed by atoms with Crippen LogP contribution in [0.3, 0.4) is 0 Å². The molecule has 25 heavy (non-hydrogen) atoms. The predicted octanol–water partition coefficient (Wildman–Crippen LogP) is 2.15. The molecule has 0 bridgehead atoms. The van der Waals surface area contributed by atoms with Crippen LogP contribution in [0.25, 0.3) is 0 Å². The summed E-state index contributed by atoms with van der Waals surface area (Å²) in [6.45, 7) is 4.06. The zero-order chi connectivity index (χ0) is 18.1. The highest BCUT2D eigenvalue weighted by Gasteiger charge is 2.61. The molecule has 0 radical (unpaired) electrons. The van der Waals surface area contributed by atoms with E-state index in [1.165, 1.54) is 19.0 Å². The summed E-state index contributed by atoms with van der Waals surface area (Å²) in [6.07, 6.45) is 5.05. The fourth-order valence-corrected chi connectivity index (χ4v) is 4.02. The van der Waals surface area contributed by atoms with Crippen molar-refractivity contribution in [3.8, 4) is 0 Å². The molecule has 3 rings (SSSR count). The molecule has 1 aliphatic rings. The molecule has 0 aliphatic heterocycles. The number of esters is 1. The second kappa shape index (κ2) is 6.59. The number of carbonyl (C=O) groups excluding carboxylic acids is 1. The molecule has 0 amide bonds. The normalized spacial score (nSPS) is 28.9. The number of aromatic nitrogens is 3. The van der Waals surface area contributed by atoms with E-state index < -0.39 is 11.0 Å². The number of rotatable bonds is 5. The van der Waals surface area contributed by atoms with E-state index in [2.05, 4.69) is 41.3 Å². The Hall–Kier alpha value is -2.21. The molecular weight excluding hydrogens is 318 g/mol. The Balaban J connectivity index is 1.93. The zero-order valence-electron chi connectivity index (χ0n) is 15.0. The second-order valence-corrected chi connectivity index (χ2v) is 7.27. The van der Waals surface area contributed by atoms with Gasteiger partial charge in [0, 0.05) is 0 Å². The van der Waals surface area contributed by atoms with Crippen LogP contribution in [-0.4, -0.2) is 38.6 Å². The van der Waals surface area contributed by atoms with Crippen LogP contribution in [0, 0.1) is 18.3 Å². The molecule has 134 valence electrons. The molecule has 0 saturated heterocycles. The molecule has 1 N–H and O–H groups in total. The lowest BCUT2D eigenvalue weighted by Crippen LogP contribution is -2.54. The SMILES string of the molecule is COC(=O)C1(C)CCC(Cc2ccc(C)cc2)C1(O)Cn1cncn1. The maximum absolute atomic E-state index is 12.5. The van der Waals surface area contributed by atoms with Crippen molar-refractivity contribution in [1.29, 1.82) is 0 Å². The largest absolute Gasteiger partial charge is 0.469 e. The van der Waals surface area contributed by atoms with E-state index in [1.807, 2.05) is 0 Å². The monoisotopic (exact) mass is 343 g/mol. The molecule has 2 aromatic rings. The number of hydrogen-bond donors (Lipinski definition) is 1. The van der Waals surface area contributed by atoms with Crippen molar-refractivity contribution in [2.24, 2.45) is 11.3 Å². The van der Waals surface area contributed by atoms with Crippen LogP contribution in [0.2, 0.25) is 0 Å². The van der Waals surface area contributed by atoms with Crippen LogP contribution in [0.5, 0.6) is 0 Å². The fourth-order valence-electron chi connectivity index (χ4n) is 4.02. The summed E-state index contributed by atoms with van der Waals surface area (Å²) in [5.74, 6) is -0.440. The predicted molar refractivity (Wildman–Crippen MR) is 92.7 cm³/mol. The number of ether oxygens (including phenoxy) is 1. The third-order valence-corrected chi connectivity index (χ3v) is 5.73. The average molecular weight is 343 g/mol. The van der Waals surface area contributed by atoms with Crippen molar-refractivity contribution in [2.45, 2.75) is 45.3 Å². The minimum atomic E-state index is -1.25. The van der Waals surface area contributed by atoms with Crippen molar-refractivity contribution >= 4 is 5.97 Å². The summed E-state index contributed by atoms with van der Waals surface area (Å²) >= 11 is 0. The summed E-state index contributed by atoms with van der Waals surface area (Å²) in [5.41, 5.74) is 0.135. The lowest BCUT2D eigenvalue weighted by atomic mass is 9.71. The number of carbonyl (C=O) groups is 1. The fraction of sp³-hybridized carbons (Fsp3) is 0.526. The van der Waals surface area contributed by atoms with Gasteiger partial charge in [-0.3, -0.25) is 9.48 Å². The number of nitrogens with zero attached hydrogens (tertiary/aromatic N) is 3. The Morgan fingerprint density at radius 1 is 1.40 bits per heavy atom. The molecule has 1 aliphatic carbocycles. The van der Waals surface area contributed by atoms with Gasteiger partial charge in [-0.2, -0.15) is 5.10 Å². The molecule has 0 spiro atoms. The highest BCUT2D eigenvalue weighted by atomic mass is 16.5. The summed E-state index contributed by atoms with van der Waals surface area (Å²) in [4.78, 5) is 16.4. The van der Waals surface area contributed by atoms with Crippen LogP contribution in [-0.2, 0) is 22.5 Å². The topological polar surface area (TPSA) is 77.2 Å². The van der Waals surface area contributed by atoms with Gasteiger partial charge in [0.25, 0.3) is 0 Å². The van der Waals surface area contributed by atoms with Crippen molar-refractivity contribution < 1.29 is 14.6 Å². The lowest BCUT2D eigenvalue weighted by Gasteiger charge is -2.40. The van der Waals surface area contributed by atoms with E-state index in [-0.39, 0.29) is 18.4 Å². The molecule has 1 saturated carbocycles. The van der Waals surface area contributed by atoms with Gasteiger partial charge in [0.05, 0.1) is 19.1 Å². The molecule has 3 unspecified atom stereocenters. The highest BCUT2D eigenvalue weighted by Crippen LogP contribution is 2.52. The zero-order valence-corrected chi connectivity index (χ0v) is 15.0. The van der Waals surface area contributed by atoms with Crippen LogP contribution in [0.1, 0.15) is 30.9 Å². The summed E-state index contributed by atoms with van der Waals surface area (Å²) in [7, 11) is 1.37. The maximum atomic E-state index is 12.5. The van der Waals surface area contributed by atoms with Crippen LogP contribution < -0.4 is 0 Å². The lowest BCUT2D eigenvalue weighted by molar-refractivity contribution is -0.173. The third-order valence-electron chi connectivity index (χ3n) is 5.73. The number of aryl methyl sites for hydroxylation is 1. The Labute approximate surface area is 147 Å². The van der Waals surface area contributed by atoms with Gasteiger partial charge in [0.15, 0.2) is 0 Å². The van der Waals surface area contributed by atoms with Gasteiger partial charge < -0.3 is 9.84 Å². The van der Waals surface area contributed by atoms with Gasteiger partial charge in [-0.25, -0.2) is 4.98 Å². The Kier molecular flexibility index (Phi) is 4.64. The minimum absolute atomic E-state index is 0.0662. The first-order chi connectivity index (χ1) is 11.9. The van der Waals surface area contributed by atoms with Crippen molar-refractivity contribution in [2.75, 3.05) is 7.11 Å². The second-order valence-electron chi connectivity index (χ2n) is 7.27. The van der Waals surface area contributed by atoms with Gasteiger partial charge in [-0.15, -0.1) is 0 Å². The standard InChI is InChI=1S/C19H25N3O3/c1-14-4-6-15(7-5-14)10-16-8-9-18(2,17(23)25-3)19(16,24)11-22-13-20-12-21-22/h4-7,12-13,16,24H,8-11H2,1-3H3. The first kappa shape index (κ1) is 17.6. The Morgan fingerprint density at radius 2 is 2.12 bits per heavy atom. The van der Waals surface area contributed by atoms with Crippen LogP contribution >= 0.6 is 0 Å². The molecule has 1 heterocycles. The first-order valence-electron chi connectivity index (χ1n) is 8.58. The minimum Gasteiger partial charge on any atom is -0.469 e. The highest BCUT2D eigenvalue weighted by molar-refractivity contribution is 5.78. The molecule has 6 heteroatoms. The number of hydrogen-bond acceptors (Lipinski definition) is 5. The Bertz CT molecular complexity index is 729. The number of aliphatic hydroxyl groups is 1. The summed E-state index contributed by atoms with van der Waals surface area (Å²) < 4.78 is 6.61. The smallest absolute Gasteiger partial charge is 0.314 e. The summed E-state index contributed by atoms with van der Waals surface area (Å²) in [5, 5.41) is 15.8. The van der Waals surface area contributed by atoms with Crippen LogP contribution in [0.4, 0.5) is 0 Å². The van der Waals surface area contributed by atoms with Crippen LogP contribution in [0.15, 0.2) is 36.9 Å². The molecular formula is C19H25N3O3. The molecule has 3 atom stereocenters. The van der Waals surface area contributed by atoms with Gasteiger partial charge in [-0.1, -0.05) is 29.8 Å². The number of benzene rings is 1. The molecule has 1 fully saturated rings. The van der Waals surface area contributed by atoms with Crippen molar-refractivity contribution in [1.82, 2.24) is 14.8 Å². The summed E-state index contributed by atoms with van der Waals surface area (Å²) in [6, 6.07) is 8.30. The van der Waals surface area contributed by atoms with Gasteiger partial charge >= 0.3 is 5.97 Å². The number of methoxy groups -OCH3 is 1. The van der Waals surface area contributed by atoms with Crippen molar-refractivity contribution in [3.63, 3.8) is 0 Å². The van der Waals surface area contributed by atoms with E-state index in [9.17, 15) is 9.90 Å². The third kappa shape index (κ3) is 3.06. The van der Waals surface area contributed by atoms with E-state index in [0.29, 0.717) is 12.8 Å². The average Bonchev–Trinajstić information content (AvgIpc) is 3.19. The van der Waals surface area contributed by atoms with Crippen molar-refractivity contribution in [3.05, 3.63) is 48.0 Å². The Morgan fingerprint density at radius 3 is 2.72 bits per heavy atom. The molecule has 1 aromatic carbocycles. The van der Waals surface area contributed by atoms with E-state index >= 15 is 0 Å². The van der Waals surface area contributed by atoms with Gasteiger partial charge in [0.2, 0.25) is 0 Å². The van der Waals surface area contributed by atoms with Gasteiger partial charge in [0.1, 0.15) is 18.3 Å².